The summed E-state index contributed by atoms with van der Waals surface area (Å²) in [5.41, 5.74) is 0.834. The number of hydrogen-bond donors (Lipinski definition) is 0. The minimum absolute atomic E-state index is 0.138. The molecule has 0 bridgehead atoms. The third-order valence-corrected chi connectivity index (χ3v) is 3.74. The average Bonchev–Trinajstić information content (AvgIpc) is 2.61. The highest BCUT2D eigenvalue weighted by Gasteiger charge is 2.91. The van der Waals surface area contributed by atoms with Gasteiger partial charge in [-0.2, -0.15) is 62.2 Å². The van der Waals surface area contributed by atoms with Crippen molar-refractivity contribution in [2.24, 2.45) is 10.2 Å². The Bertz CT molecular complexity index is 828. The molecule has 0 aliphatic heterocycles. The van der Waals surface area contributed by atoms with Crippen molar-refractivity contribution in [2.75, 3.05) is 0 Å². The van der Waals surface area contributed by atoms with Crippen LogP contribution in [0.2, 0.25) is 0 Å². The maximum atomic E-state index is 13.5. The molecule has 1 rings (SSSR count). The molecule has 0 atom stereocenters. The van der Waals surface area contributed by atoms with Gasteiger partial charge in [-0.3, -0.25) is 4.79 Å². The second-order valence-corrected chi connectivity index (χ2v) is 6.06. The number of azo groups is 1. The zero-order valence-corrected chi connectivity index (χ0v) is 14.7. The molecule has 16 heteroatoms. The Balaban J connectivity index is 3.24. The second kappa shape index (κ2) is 7.93. The van der Waals surface area contributed by atoms with Crippen molar-refractivity contribution in [1.29, 1.82) is 0 Å². The number of benzene rings is 1. The van der Waals surface area contributed by atoms with Gasteiger partial charge in [0.1, 0.15) is 0 Å². The fourth-order valence-electron chi connectivity index (χ4n) is 1.84. The van der Waals surface area contributed by atoms with Gasteiger partial charge in [-0.1, -0.05) is 29.8 Å². The van der Waals surface area contributed by atoms with E-state index in [4.69, 9.17) is 0 Å². The van der Waals surface area contributed by atoms with Crippen molar-refractivity contribution >= 4 is 5.91 Å². The predicted molar refractivity (Wildman–Crippen MR) is 75.5 cm³/mol. The van der Waals surface area contributed by atoms with Gasteiger partial charge in [-0.15, -0.1) is 5.11 Å². The summed E-state index contributed by atoms with van der Waals surface area (Å²) in [7, 11) is 0. The lowest BCUT2D eigenvalue weighted by molar-refractivity contribution is -0.436. The molecule has 0 aliphatic rings. The number of amides is 1. The lowest BCUT2D eigenvalue weighted by atomic mass is 9.93. The van der Waals surface area contributed by atoms with Gasteiger partial charge in [0.05, 0.1) is 6.54 Å². The molecule has 3 nitrogen and oxygen atoms in total. The van der Waals surface area contributed by atoms with Crippen LogP contribution in [0.1, 0.15) is 11.1 Å². The van der Waals surface area contributed by atoms with Crippen LogP contribution in [0, 0.1) is 6.92 Å². The molecule has 1 amide bonds. The Hall–Kier alpha value is -2.42. The fourth-order valence-corrected chi connectivity index (χ4v) is 1.84. The molecule has 0 fully saturated rings. The van der Waals surface area contributed by atoms with E-state index in [1.54, 1.807) is 6.92 Å². The summed E-state index contributed by atoms with van der Waals surface area (Å²) < 4.78 is 168. The van der Waals surface area contributed by atoms with Gasteiger partial charge < -0.3 is 0 Å². The van der Waals surface area contributed by atoms with E-state index in [-0.39, 0.29) is 5.56 Å². The maximum absolute atomic E-state index is 13.5. The third-order valence-electron chi connectivity index (χ3n) is 3.74. The maximum Gasteiger partial charge on any atom is 0.460 e. The summed E-state index contributed by atoms with van der Waals surface area (Å²) in [6, 6.07) is 5.47. The van der Waals surface area contributed by atoms with Crippen LogP contribution < -0.4 is 0 Å². The summed E-state index contributed by atoms with van der Waals surface area (Å²) in [6.07, 6.45) is -7.52. The molecule has 0 heterocycles. The molecule has 0 aliphatic carbocycles. The lowest BCUT2D eigenvalue weighted by Crippen LogP contribution is -2.71. The van der Waals surface area contributed by atoms with Crippen molar-refractivity contribution in [1.82, 2.24) is 0 Å². The molecule has 1 aromatic carbocycles. The van der Waals surface area contributed by atoms with Crippen molar-refractivity contribution in [3.05, 3.63) is 35.4 Å². The summed E-state index contributed by atoms with van der Waals surface area (Å²) in [6.45, 7) is 0.863. The number of nitrogens with zero attached hydrogens (tertiary/aromatic N) is 2. The van der Waals surface area contributed by atoms with Gasteiger partial charge >= 0.3 is 41.7 Å². The van der Waals surface area contributed by atoms with E-state index in [1.165, 1.54) is 24.3 Å². The van der Waals surface area contributed by atoms with E-state index in [9.17, 15) is 61.9 Å². The number of carbonyl (C=O) groups is 1. The highest BCUT2D eigenvalue weighted by molar-refractivity contribution is 5.85. The van der Waals surface area contributed by atoms with Crippen LogP contribution >= 0.6 is 0 Å². The first-order valence-electron chi connectivity index (χ1n) is 7.58. The molecule has 0 spiro atoms. The molecule has 0 saturated heterocycles. The average molecular weight is 480 g/mol. The van der Waals surface area contributed by atoms with Gasteiger partial charge in [0.2, 0.25) is 0 Å². The van der Waals surface area contributed by atoms with Crippen LogP contribution in [0.4, 0.5) is 57.1 Å². The summed E-state index contributed by atoms with van der Waals surface area (Å²) >= 11 is 0. The smallest absolute Gasteiger partial charge is 0.264 e. The number of halogens is 13. The molecule has 0 saturated carbocycles. The van der Waals surface area contributed by atoms with Gasteiger partial charge in [-0.05, 0) is 12.5 Å². The van der Waals surface area contributed by atoms with E-state index in [2.05, 4.69) is 5.11 Å². The largest absolute Gasteiger partial charge is 0.460 e. The van der Waals surface area contributed by atoms with Crippen LogP contribution in [0.15, 0.2) is 34.5 Å². The quantitative estimate of drug-likeness (QED) is 0.338. The Morgan fingerprint density at radius 3 is 1.55 bits per heavy atom. The zero-order valence-electron chi connectivity index (χ0n) is 14.7. The Morgan fingerprint density at radius 2 is 1.13 bits per heavy atom. The van der Waals surface area contributed by atoms with Gasteiger partial charge in [0.25, 0.3) is 0 Å². The Kier molecular flexibility index (Phi) is 6.81. The van der Waals surface area contributed by atoms with Crippen LogP contribution in [0.5, 0.6) is 0 Å². The Morgan fingerprint density at radius 1 is 0.710 bits per heavy atom. The van der Waals surface area contributed by atoms with E-state index >= 15 is 0 Å². The lowest BCUT2D eigenvalue weighted by Gasteiger charge is -2.38. The highest BCUT2D eigenvalue weighted by atomic mass is 19.4. The standard InChI is InChI=1S/C15H9F13N2O/c1-7-2-4-8(5-3-7)6-29-30-9(31)10(16,17)11(18,19)12(20,21)13(22,23)14(24,25)15(26,27)28/h2-5H,6H2,1H3. The first kappa shape index (κ1) is 26.6. The molecule has 31 heavy (non-hydrogen) atoms. The molecule has 1 aromatic rings. The summed E-state index contributed by atoms with van der Waals surface area (Å²) in [5, 5.41) is 4.64. The van der Waals surface area contributed by atoms with Crippen molar-refractivity contribution in [3.63, 3.8) is 0 Å². The molecule has 0 radical (unpaired) electrons. The second-order valence-electron chi connectivity index (χ2n) is 6.06. The number of hydrogen-bond acceptors (Lipinski definition) is 2. The Labute approximate surface area is 163 Å². The van der Waals surface area contributed by atoms with E-state index in [0.717, 1.165) is 0 Å². The third kappa shape index (κ3) is 4.33. The molecule has 0 N–H and O–H groups in total. The van der Waals surface area contributed by atoms with Crippen LogP contribution in [-0.2, 0) is 11.3 Å². The van der Waals surface area contributed by atoms with Crippen LogP contribution in [-0.4, -0.2) is 41.7 Å². The molecule has 0 aromatic heterocycles. The normalized spacial score (nSPS) is 14.9. The number of aryl methyl sites for hydroxylation is 1. The van der Waals surface area contributed by atoms with Gasteiger partial charge in [0, 0.05) is 0 Å². The zero-order chi connectivity index (χ0) is 24.7. The minimum Gasteiger partial charge on any atom is -0.264 e. The van der Waals surface area contributed by atoms with Crippen LogP contribution in [0.25, 0.3) is 0 Å². The topological polar surface area (TPSA) is 41.8 Å². The summed E-state index contributed by atoms with van der Waals surface area (Å²) in [4.78, 5) is 11.1. The van der Waals surface area contributed by atoms with Crippen LogP contribution in [0.3, 0.4) is 0 Å². The monoisotopic (exact) mass is 480 g/mol. The number of rotatable bonds is 7. The van der Waals surface area contributed by atoms with Crippen molar-refractivity contribution in [2.45, 2.75) is 49.3 Å². The SMILES string of the molecule is Cc1ccc(CN=NC(=O)C(F)(F)C(F)(F)C(F)(F)C(F)(F)C(F)(F)C(F)(F)F)cc1. The van der Waals surface area contributed by atoms with E-state index in [0.29, 0.717) is 5.56 Å². The van der Waals surface area contributed by atoms with E-state index in [1.807, 2.05) is 5.11 Å². The number of carbonyl (C=O) groups excluding carboxylic acids is 1. The van der Waals surface area contributed by atoms with Gasteiger partial charge in [-0.25, -0.2) is 0 Å². The minimum atomic E-state index is -8.08. The van der Waals surface area contributed by atoms with Crippen molar-refractivity contribution < 1.29 is 61.9 Å². The van der Waals surface area contributed by atoms with Gasteiger partial charge in [0.15, 0.2) is 0 Å². The predicted octanol–water partition coefficient (Wildman–Crippen LogP) is 6.21. The molecule has 176 valence electrons. The fraction of sp³-hybridized carbons (Fsp3) is 0.533. The number of alkyl halides is 13. The first-order valence-corrected chi connectivity index (χ1v) is 7.58. The molecular formula is C15H9F13N2O. The molecule has 0 unspecified atom stereocenters. The van der Waals surface area contributed by atoms with E-state index < -0.39 is 48.2 Å². The first-order chi connectivity index (χ1) is 13.6. The molecular weight excluding hydrogens is 471 g/mol. The highest BCUT2D eigenvalue weighted by Crippen LogP contribution is 2.60. The summed E-state index contributed by atoms with van der Waals surface area (Å²) in [5.74, 6) is -42.2. The van der Waals surface area contributed by atoms with Crippen molar-refractivity contribution in [3.8, 4) is 0 Å².